The quantitative estimate of drug-likeness (QED) is 0.146. The molecule has 4 aromatic carbocycles. The van der Waals surface area contributed by atoms with Crippen LogP contribution in [0.15, 0.2) is 117 Å². The standard InChI is InChI=1S/2C28H31N3.4ClH.2Fe/c2*1-18-10-8-11-19(2)26(18)29-22(5)24-17-16-23-14-6-7-15-25(28(23)30-24)31-27-20(3)12-9-13-21(27)4;;;;;;/h2*8-13,16-17H,6-7,14-15H2,1-5H3;4*1H;;/q;;;;;;2*+2/p-4. The normalized spacial score (nSPS) is 14.3. The number of halogens is 4. The van der Waals surface area contributed by atoms with Gasteiger partial charge in [0.05, 0.1) is 68.4 Å². The van der Waals surface area contributed by atoms with Gasteiger partial charge in [-0.3, -0.25) is 20.0 Å². The van der Waals surface area contributed by atoms with Crippen LogP contribution in [0.1, 0.15) is 131 Å². The van der Waals surface area contributed by atoms with Gasteiger partial charge < -0.3 is 49.6 Å². The Morgan fingerprint density at radius 3 is 0.926 bits per heavy atom. The Kier molecular flexibility index (Phi) is 26.2. The number of aromatic nitrogens is 2. The fourth-order valence-corrected chi connectivity index (χ4v) is 8.60. The third kappa shape index (κ3) is 15.0. The topological polar surface area (TPSA) is 75.2 Å². The van der Waals surface area contributed by atoms with E-state index in [-0.39, 0.29) is 83.8 Å². The van der Waals surface area contributed by atoms with Crippen molar-refractivity contribution in [3.05, 3.63) is 175 Å². The smallest absolute Gasteiger partial charge is 1.00 e. The monoisotopic (exact) mass is 1070 g/mol. The Morgan fingerprint density at radius 1 is 0.368 bits per heavy atom. The van der Waals surface area contributed by atoms with E-state index in [1.807, 2.05) is 0 Å². The van der Waals surface area contributed by atoms with Crippen molar-refractivity contribution in [2.75, 3.05) is 0 Å². The fraction of sp³-hybridized carbons (Fsp3) is 0.321. The third-order valence-electron chi connectivity index (χ3n) is 12.3. The summed E-state index contributed by atoms with van der Waals surface area (Å²) in [5.41, 5.74) is 24.5. The van der Waals surface area contributed by atoms with E-state index in [0.29, 0.717) is 0 Å². The van der Waals surface area contributed by atoms with Crippen molar-refractivity contribution in [1.82, 2.24) is 9.97 Å². The van der Waals surface area contributed by atoms with Gasteiger partial charge in [0.15, 0.2) is 0 Å². The van der Waals surface area contributed by atoms with Gasteiger partial charge >= 0.3 is 34.1 Å². The zero-order valence-corrected chi connectivity index (χ0v) is 46.0. The molecule has 0 N–H and O–H groups in total. The van der Waals surface area contributed by atoms with Crippen LogP contribution in [0.2, 0.25) is 0 Å². The minimum atomic E-state index is 0. The minimum Gasteiger partial charge on any atom is -1.00 e. The number of hydrogen-bond donors (Lipinski definition) is 0. The number of para-hydroxylation sites is 4. The molecule has 6 nitrogen and oxygen atoms in total. The maximum Gasteiger partial charge on any atom is 2.00 e. The SMILES string of the molecule is CC(=Nc1c(C)cccc1C)c1ccc2c(n1)C(=Nc1c(C)cccc1C)CCCC2.CC(=Nc1c(C)cccc1C)c1ccc2c(n1)C(=Nc1c(C)cccc1C)CCCC2.[Cl-].[Cl-].[Cl-].[Cl-].[Fe+2].[Fe+2]. The van der Waals surface area contributed by atoms with Crippen molar-refractivity contribution in [3.63, 3.8) is 0 Å². The Morgan fingerprint density at radius 2 is 0.632 bits per heavy atom. The fourth-order valence-electron chi connectivity index (χ4n) is 8.60. The molecular formula is C56H62Cl4Fe2N6. The van der Waals surface area contributed by atoms with Gasteiger partial charge in [-0.2, -0.15) is 0 Å². The van der Waals surface area contributed by atoms with Gasteiger partial charge in [0.25, 0.3) is 0 Å². The average molecular weight is 1070 g/mol. The molecule has 2 aromatic heterocycles. The first-order valence-corrected chi connectivity index (χ1v) is 22.4. The number of nitrogens with zero attached hydrogens (tertiary/aromatic N) is 6. The van der Waals surface area contributed by atoms with Crippen molar-refractivity contribution in [2.45, 2.75) is 121 Å². The summed E-state index contributed by atoms with van der Waals surface area (Å²) in [6.45, 7) is 21.1. The van der Waals surface area contributed by atoms with Crippen LogP contribution in [0, 0.1) is 55.4 Å². The largest absolute Gasteiger partial charge is 2.00 e. The number of benzene rings is 4. The van der Waals surface area contributed by atoms with E-state index in [0.717, 1.165) is 107 Å². The van der Waals surface area contributed by atoms with Gasteiger partial charge in [0.1, 0.15) is 0 Å². The van der Waals surface area contributed by atoms with Crippen molar-refractivity contribution < 1.29 is 83.8 Å². The number of aryl methyl sites for hydroxylation is 10. The molecule has 8 rings (SSSR count). The molecule has 0 saturated heterocycles. The van der Waals surface area contributed by atoms with Gasteiger partial charge in [0, 0.05) is 0 Å². The number of hydrogen-bond acceptors (Lipinski definition) is 6. The first-order valence-electron chi connectivity index (χ1n) is 22.4. The summed E-state index contributed by atoms with van der Waals surface area (Å²) in [7, 11) is 0. The van der Waals surface area contributed by atoms with E-state index in [1.54, 1.807) is 0 Å². The van der Waals surface area contributed by atoms with E-state index < -0.39 is 0 Å². The number of fused-ring (bicyclic) bond motifs is 2. The zero-order chi connectivity index (χ0) is 43.9. The summed E-state index contributed by atoms with van der Waals surface area (Å²) in [5, 5.41) is 0. The molecule has 0 unspecified atom stereocenters. The third-order valence-corrected chi connectivity index (χ3v) is 12.3. The summed E-state index contributed by atoms with van der Waals surface area (Å²) in [6, 6.07) is 34.0. The number of rotatable bonds is 6. The molecule has 6 aromatic rings. The van der Waals surface area contributed by atoms with Crippen molar-refractivity contribution in [3.8, 4) is 0 Å². The Balaban J connectivity index is 0.000000625. The molecule has 2 heterocycles. The molecule has 0 atom stereocenters. The molecule has 2 aliphatic rings. The summed E-state index contributed by atoms with van der Waals surface area (Å²) in [6.07, 6.45) is 8.68. The van der Waals surface area contributed by atoms with E-state index in [9.17, 15) is 0 Å². The summed E-state index contributed by atoms with van der Waals surface area (Å²) >= 11 is 0. The Hall–Kier alpha value is -3.94. The van der Waals surface area contributed by atoms with Gasteiger partial charge in [-0.25, -0.2) is 9.97 Å². The van der Waals surface area contributed by atoms with E-state index in [1.165, 1.54) is 68.5 Å². The first-order chi connectivity index (χ1) is 29.9. The van der Waals surface area contributed by atoms with Crippen LogP contribution in [0.4, 0.5) is 22.7 Å². The predicted octanol–water partition coefficient (Wildman–Crippen LogP) is 2.62. The number of pyridine rings is 2. The summed E-state index contributed by atoms with van der Waals surface area (Å²) in [4.78, 5) is 30.4. The second-order valence-electron chi connectivity index (χ2n) is 17.3. The molecule has 68 heavy (non-hydrogen) atoms. The van der Waals surface area contributed by atoms with Gasteiger partial charge in [-0.05, 0) is 188 Å². The minimum absolute atomic E-state index is 0. The Labute approximate surface area is 452 Å². The van der Waals surface area contributed by atoms with Crippen LogP contribution >= 0.6 is 0 Å². The molecule has 0 radical (unpaired) electrons. The molecular weight excluding hydrogens is 1010 g/mol. The molecule has 360 valence electrons. The van der Waals surface area contributed by atoms with Gasteiger partial charge in [0.2, 0.25) is 0 Å². The average Bonchev–Trinajstić information content (AvgIpc) is 3.58. The summed E-state index contributed by atoms with van der Waals surface area (Å²) in [5.74, 6) is 0. The van der Waals surface area contributed by atoms with Crippen LogP contribution in [0.25, 0.3) is 0 Å². The zero-order valence-electron chi connectivity index (χ0n) is 40.8. The Bertz CT molecular complexity index is 2510. The predicted molar refractivity (Wildman–Crippen MR) is 263 cm³/mol. The van der Waals surface area contributed by atoms with Crippen LogP contribution in [0.3, 0.4) is 0 Å². The molecule has 0 aliphatic heterocycles. The maximum atomic E-state index is 5.15. The van der Waals surface area contributed by atoms with Gasteiger partial charge in [-0.15, -0.1) is 0 Å². The molecule has 0 amide bonds. The van der Waals surface area contributed by atoms with Crippen LogP contribution in [-0.2, 0) is 47.0 Å². The van der Waals surface area contributed by atoms with Crippen LogP contribution in [-0.4, -0.2) is 32.8 Å². The second-order valence-corrected chi connectivity index (χ2v) is 17.3. The van der Waals surface area contributed by atoms with E-state index >= 15 is 0 Å². The maximum absolute atomic E-state index is 5.15. The van der Waals surface area contributed by atoms with Crippen LogP contribution < -0.4 is 49.6 Å². The summed E-state index contributed by atoms with van der Waals surface area (Å²) < 4.78 is 0. The number of aliphatic imine (C=N–C) groups is 4. The molecule has 0 spiro atoms. The van der Waals surface area contributed by atoms with E-state index in [2.05, 4.69) is 166 Å². The second kappa shape index (κ2) is 28.7. The van der Waals surface area contributed by atoms with Crippen molar-refractivity contribution in [1.29, 1.82) is 0 Å². The van der Waals surface area contributed by atoms with Gasteiger partial charge in [-0.1, -0.05) is 84.9 Å². The molecule has 2 aliphatic carbocycles. The van der Waals surface area contributed by atoms with Crippen LogP contribution in [0.5, 0.6) is 0 Å². The molecule has 0 saturated carbocycles. The van der Waals surface area contributed by atoms with E-state index in [4.69, 9.17) is 29.9 Å². The van der Waals surface area contributed by atoms with Crippen molar-refractivity contribution in [2.24, 2.45) is 20.0 Å². The van der Waals surface area contributed by atoms with Crippen molar-refractivity contribution >= 4 is 45.6 Å². The molecule has 12 heteroatoms. The first kappa shape index (κ1) is 62.1. The molecule has 0 bridgehead atoms. The molecule has 0 fully saturated rings.